The SMILES string of the molecule is CCCN1CCN(C[C@]2(OC)/C=C/C[C@H](C)[C@@H](C)S(=O)(=O)NC(=O)c3ccc4c(c3)N(C[C@@H]3CC[C@H]32)C[C@@]2(CCCc3cc(Cl)ccc32)CO4)CC1(C)C. The van der Waals surface area contributed by atoms with E-state index >= 15 is 0 Å². The molecule has 2 aromatic rings. The standard InChI is InChI=1S/C43H61ClN4O5S/c1-7-20-48-22-21-46(26-41(48,4)5)28-43(52-6)19-8-10-30(2)31(3)54(50,51)45-40(49)33-13-17-39-38(24-33)47(25-34-12-15-37(34)43)27-42(29-53-39)18-9-11-32-23-35(44)14-16-36(32)42/h8,13-14,16-17,19,23-24,30-31,34,37H,7,9-12,15,18,20-22,25-29H2,1-6H3,(H,45,49)/b19-8+/t30-,31+,34-,37+,42-,43+/m0/s1. The molecule has 0 aromatic heterocycles. The van der Waals surface area contributed by atoms with Gasteiger partial charge in [-0.25, -0.2) is 13.1 Å². The fourth-order valence-electron chi connectivity index (χ4n) is 10.3. The molecule has 2 aliphatic carbocycles. The Morgan fingerprint density at radius 2 is 1.89 bits per heavy atom. The fraction of sp³-hybridized carbons (Fsp3) is 0.651. The number of benzene rings is 2. The average molecular weight is 782 g/mol. The third-order valence-electron chi connectivity index (χ3n) is 13.7. The van der Waals surface area contributed by atoms with Crippen molar-refractivity contribution in [2.24, 2.45) is 17.8 Å². The highest BCUT2D eigenvalue weighted by Crippen LogP contribution is 2.49. The van der Waals surface area contributed by atoms with Gasteiger partial charge >= 0.3 is 0 Å². The molecule has 1 saturated carbocycles. The van der Waals surface area contributed by atoms with Gasteiger partial charge in [0, 0.05) is 67.9 Å². The summed E-state index contributed by atoms with van der Waals surface area (Å²) in [6, 6.07) is 11.7. The molecule has 1 N–H and O–H groups in total. The molecule has 3 heterocycles. The van der Waals surface area contributed by atoms with Gasteiger partial charge in [-0.1, -0.05) is 43.7 Å². The highest BCUT2D eigenvalue weighted by Gasteiger charge is 2.50. The topological polar surface area (TPSA) is 91.4 Å². The Kier molecular flexibility index (Phi) is 11.3. The number of anilines is 1. The Labute approximate surface area is 328 Å². The largest absolute Gasteiger partial charge is 0.490 e. The molecular weight excluding hydrogens is 720 g/mol. The number of sulfonamides is 1. The van der Waals surface area contributed by atoms with Crippen LogP contribution in [0.4, 0.5) is 5.69 Å². The van der Waals surface area contributed by atoms with E-state index in [1.54, 1.807) is 13.0 Å². The number of amides is 1. The van der Waals surface area contributed by atoms with Crippen molar-refractivity contribution in [2.45, 2.75) is 101 Å². The lowest BCUT2D eigenvalue weighted by Gasteiger charge is -2.54. The van der Waals surface area contributed by atoms with Gasteiger partial charge in [0.2, 0.25) is 10.0 Å². The zero-order valence-electron chi connectivity index (χ0n) is 33.2. The van der Waals surface area contributed by atoms with Crippen LogP contribution in [0.1, 0.15) is 94.6 Å². The van der Waals surface area contributed by atoms with Crippen LogP contribution in [0.2, 0.25) is 5.02 Å². The maximum atomic E-state index is 13.7. The lowest BCUT2D eigenvalue weighted by Crippen LogP contribution is -2.63. The van der Waals surface area contributed by atoms with Gasteiger partial charge in [0.25, 0.3) is 5.91 Å². The van der Waals surface area contributed by atoms with Crippen LogP contribution in [0.25, 0.3) is 0 Å². The van der Waals surface area contributed by atoms with E-state index in [-0.39, 0.29) is 22.8 Å². The summed E-state index contributed by atoms with van der Waals surface area (Å²) in [4.78, 5) is 21.3. The summed E-state index contributed by atoms with van der Waals surface area (Å²) < 4.78 is 43.2. The first-order chi connectivity index (χ1) is 25.7. The molecule has 9 nitrogen and oxygen atoms in total. The Balaban J connectivity index is 1.29. The van der Waals surface area contributed by atoms with Gasteiger partial charge in [-0.2, -0.15) is 0 Å². The number of rotatable bonds is 5. The van der Waals surface area contributed by atoms with Gasteiger partial charge in [-0.3, -0.25) is 14.6 Å². The molecule has 1 saturated heterocycles. The summed E-state index contributed by atoms with van der Waals surface area (Å²) in [6.07, 6.45) is 11.3. The maximum Gasteiger partial charge on any atom is 0.264 e. The molecule has 5 aliphatic rings. The summed E-state index contributed by atoms with van der Waals surface area (Å²) in [5, 5.41) is -0.0281. The van der Waals surface area contributed by atoms with Crippen molar-refractivity contribution in [3.63, 3.8) is 0 Å². The molecule has 6 atom stereocenters. The van der Waals surface area contributed by atoms with E-state index in [0.717, 1.165) is 101 Å². The minimum atomic E-state index is -3.96. The third-order valence-corrected chi connectivity index (χ3v) is 15.9. The molecule has 2 fully saturated rings. The Bertz CT molecular complexity index is 1850. The number of nitrogens with zero attached hydrogens (tertiary/aromatic N) is 3. The first-order valence-electron chi connectivity index (χ1n) is 20.3. The summed E-state index contributed by atoms with van der Waals surface area (Å²) in [5.41, 5.74) is 2.95. The molecule has 7 rings (SSSR count). The summed E-state index contributed by atoms with van der Waals surface area (Å²) in [7, 11) is -2.09. The van der Waals surface area contributed by atoms with Gasteiger partial charge in [0.1, 0.15) is 11.4 Å². The number of aryl methyl sites for hydroxylation is 1. The average Bonchev–Trinajstić information content (AvgIpc) is 3.26. The third kappa shape index (κ3) is 7.59. The van der Waals surface area contributed by atoms with Crippen molar-refractivity contribution >= 4 is 33.2 Å². The van der Waals surface area contributed by atoms with Crippen LogP contribution in [0.15, 0.2) is 48.6 Å². The van der Waals surface area contributed by atoms with Gasteiger partial charge in [-0.15, -0.1) is 0 Å². The molecule has 2 aromatic carbocycles. The summed E-state index contributed by atoms with van der Waals surface area (Å²) >= 11 is 6.52. The molecule has 54 heavy (non-hydrogen) atoms. The minimum Gasteiger partial charge on any atom is -0.490 e. The van der Waals surface area contributed by atoms with Crippen LogP contribution in [0.5, 0.6) is 5.75 Å². The second-order valence-electron chi connectivity index (χ2n) is 17.7. The molecule has 0 unspecified atom stereocenters. The summed E-state index contributed by atoms with van der Waals surface area (Å²) in [6.45, 7) is 17.5. The predicted molar refractivity (Wildman–Crippen MR) is 217 cm³/mol. The summed E-state index contributed by atoms with van der Waals surface area (Å²) in [5.74, 6) is 0.479. The van der Waals surface area contributed by atoms with Crippen LogP contribution < -0.4 is 14.4 Å². The molecule has 296 valence electrons. The zero-order valence-corrected chi connectivity index (χ0v) is 34.8. The van der Waals surface area contributed by atoms with Gasteiger partial charge < -0.3 is 14.4 Å². The number of allylic oxidation sites excluding steroid dienone is 1. The van der Waals surface area contributed by atoms with E-state index in [2.05, 4.69) is 64.5 Å². The molecule has 2 bridgehead atoms. The number of nitrogens with one attached hydrogen (secondary N) is 1. The number of methoxy groups -OCH3 is 1. The van der Waals surface area contributed by atoms with Crippen LogP contribution in [-0.4, -0.2) is 100 Å². The van der Waals surface area contributed by atoms with E-state index in [1.807, 2.05) is 32.2 Å². The number of halogens is 1. The first-order valence-corrected chi connectivity index (χ1v) is 22.2. The fourth-order valence-corrected chi connectivity index (χ4v) is 11.7. The molecule has 1 spiro atoms. The van der Waals surface area contributed by atoms with Crippen molar-refractivity contribution in [3.8, 4) is 5.75 Å². The first kappa shape index (κ1) is 39.6. The van der Waals surface area contributed by atoms with Crippen molar-refractivity contribution in [1.82, 2.24) is 14.5 Å². The molecule has 1 amide bonds. The van der Waals surface area contributed by atoms with E-state index < -0.39 is 26.8 Å². The second kappa shape index (κ2) is 15.4. The van der Waals surface area contributed by atoms with E-state index in [4.69, 9.17) is 21.1 Å². The van der Waals surface area contributed by atoms with Crippen LogP contribution in [0.3, 0.4) is 0 Å². The lowest BCUT2D eigenvalue weighted by molar-refractivity contribution is -0.104. The number of ether oxygens (including phenoxy) is 2. The zero-order chi connectivity index (χ0) is 38.5. The number of hydrogen-bond acceptors (Lipinski definition) is 8. The Hall–Kier alpha value is -2.63. The monoisotopic (exact) mass is 780 g/mol. The normalized spacial score (nSPS) is 33.4. The number of hydrogen-bond donors (Lipinski definition) is 1. The molecule has 0 radical (unpaired) electrons. The van der Waals surface area contributed by atoms with Crippen LogP contribution >= 0.6 is 11.6 Å². The number of carbonyl (C=O) groups is 1. The van der Waals surface area contributed by atoms with Crippen molar-refractivity contribution in [3.05, 3.63) is 70.3 Å². The lowest BCUT2D eigenvalue weighted by atomic mass is 9.63. The molecule has 11 heteroatoms. The molecular formula is C43H61ClN4O5S. The predicted octanol–water partition coefficient (Wildman–Crippen LogP) is 7.07. The van der Waals surface area contributed by atoms with E-state index in [9.17, 15) is 13.2 Å². The second-order valence-corrected chi connectivity index (χ2v) is 20.2. The highest BCUT2D eigenvalue weighted by atomic mass is 35.5. The van der Waals surface area contributed by atoms with Crippen molar-refractivity contribution in [1.29, 1.82) is 0 Å². The molecule has 3 aliphatic heterocycles. The van der Waals surface area contributed by atoms with E-state index in [1.165, 1.54) is 11.1 Å². The van der Waals surface area contributed by atoms with Gasteiger partial charge in [0.05, 0.1) is 17.5 Å². The van der Waals surface area contributed by atoms with Gasteiger partial charge in [-0.05, 0) is 131 Å². The Morgan fingerprint density at radius 3 is 2.61 bits per heavy atom. The van der Waals surface area contributed by atoms with E-state index in [0.29, 0.717) is 24.5 Å². The quantitative estimate of drug-likeness (QED) is 0.323. The smallest absolute Gasteiger partial charge is 0.264 e. The van der Waals surface area contributed by atoms with Crippen molar-refractivity contribution < 1.29 is 22.7 Å². The van der Waals surface area contributed by atoms with Gasteiger partial charge in [0.15, 0.2) is 0 Å². The maximum absolute atomic E-state index is 13.7. The minimum absolute atomic E-state index is 0.0509. The number of piperazine rings is 1. The number of fused-ring (bicyclic) bond motifs is 4. The number of carbonyl (C=O) groups excluding carboxylic acids is 1. The Morgan fingerprint density at radius 1 is 1.07 bits per heavy atom. The van der Waals surface area contributed by atoms with Crippen molar-refractivity contribution in [2.75, 3.05) is 64.4 Å². The van der Waals surface area contributed by atoms with Crippen LogP contribution in [-0.2, 0) is 26.6 Å². The highest BCUT2D eigenvalue weighted by molar-refractivity contribution is 7.90. The van der Waals surface area contributed by atoms with Crippen LogP contribution in [0, 0.1) is 17.8 Å².